The molecule has 0 spiro atoms. The Hall–Kier alpha value is -2.75. The van der Waals surface area contributed by atoms with Crippen LogP contribution >= 0.6 is 11.6 Å². The van der Waals surface area contributed by atoms with Gasteiger partial charge in [0.05, 0.1) is 10.4 Å². The minimum absolute atomic E-state index is 0.0431. The number of amides is 1. The molecule has 0 fully saturated rings. The van der Waals surface area contributed by atoms with E-state index in [0.717, 1.165) is 6.07 Å². The number of alkyl halides is 2. The number of nitrogens with zero attached hydrogens (tertiary/aromatic N) is 3. The zero-order valence-electron chi connectivity index (χ0n) is 16.8. The van der Waals surface area contributed by atoms with E-state index in [0.29, 0.717) is 0 Å². The van der Waals surface area contributed by atoms with Crippen molar-refractivity contribution >= 4 is 29.2 Å². The lowest BCUT2D eigenvalue weighted by Crippen LogP contribution is -2.58. The first-order chi connectivity index (χ1) is 13.9. The number of hydrogen-bond acceptors (Lipinski definition) is 5. The van der Waals surface area contributed by atoms with Crippen LogP contribution in [0.2, 0.25) is 5.02 Å². The van der Waals surface area contributed by atoms with Crippen LogP contribution in [0.25, 0.3) is 0 Å². The Kier molecular flexibility index (Phi) is 5.48. The number of carbonyl (C=O) groups is 1. The summed E-state index contributed by atoms with van der Waals surface area (Å²) in [5.41, 5.74) is 3.52. The van der Waals surface area contributed by atoms with Gasteiger partial charge in [-0.25, -0.2) is 18.2 Å². The van der Waals surface area contributed by atoms with Crippen molar-refractivity contribution in [3.05, 3.63) is 46.5 Å². The molecule has 0 saturated heterocycles. The fraction of sp³-hybridized carbons (Fsp3) is 0.421. The Balaban J connectivity index is 2.07. The number of benzene rings is 1. The lowest BCUT2D eigenvalue weighted by Gasteiger charge is -2.46. The Morgan fingerprint density at radius 2 is 1.97 bits per heavy atom. The molecule has 11 heteroatoms. The maximum Gasteiger partial charge on any atom is 0.264 e. The van der Waals surface area contributed by atoms with Gasteiger partial charge >= 0.3 is 0 Å². The van der Waals surface area contributed by atoms with Crippen LogP contribution in [0.5, 0.6) is 0 Å². The molecule has 0 aliphatic carbocycles. The predicted molar refractivity (Wildman–Crippen MR) is 108 cm³/mol. The van der Waals surface area contributed by atoms with Crippen LogP contribution in [-0.4, -0.2) is 40.4 Å². The molecule has 2 unspecified atom stereocenters. The minimum Gasteiger partial charge on any atom is -0.372 e. The summed E-state index contributed by atoms with van der Waals surface area (Å²) in [6.45, 7) is 4.85. The summed E-state index contributed by atoms with van der Waals surface area (Å²) in [5, 5.41) is 8.89. The van der Waals surface area contributed by atoms with Crippen LogP contribution in [0.15, 0.2) is 29.4 Å². The second-order valence-electron chi connectivity index (χ2n) is 7.80. The van der Waals surface area contributed by atoms with E-state index in [-0.39, 0.29) is 33.8 Å². The van der Waals surface area contributed by atoms with Crippen molar-refractivity contribution in [2.75, 3.05) is 12.4 Å². The molecule has 2 atom stereocenters. The zero-order chi connectivity index (χ0) is 22.4. The van der Waals surface area contributed by atoms with Crippen LogP contribution in [0.3, 0.4) is 0 Å². The van der Waals surface area contributed by atoms with Crippen molar-refractivity contribution in [2.24, 2.45) is 16.1 Å². The molecule has 162 valence electrons. The van der Waals surface area contributed by atoms with E-state index in [2.05, 4.69) is 20.5 Å². The first-order valence-corrected chi connectivity index (χ1v) is 9.45. The normalized spacial score (nSPS) is 22.2. The van der Waals surface area contributed by atoms with E-state index < -0.39 is 29.2 Å². The topological polar surface area (TPSA) is 99.4 Å². The lowest BCUT2D eigenvalue weighted by atomic mass is 9.67. The third-order valence-electron chi connectivity index (χ3n) is 5.72. The van der Waals surface area contributed by atoms with Gasteiger partial charge in [-0.05, 0) is 39.0 Å². The zero-order valence-corrected chi connectivity index (χ0v) is 17.6. The number of hydrogen-bond donors (Lipinski definition) is 3. The van der Waals surface area contributed by atoms with Crippen molar-refractivity contribution in [1.29, 1.82) is 0 Å². The van der Waals surface area contributed by atoms with Gasteiger partial charge in [-0.1, -0.05) is 11.6 Å². The molecular formula is C19H22ClF3N6O. The largest absolute Gasteiger partial charge is 0.372 e. The molecule has 2 heterocycles. The third-order valence-corrected chi connectivity index (χ3v) is 6.02. The molecule has 0 radical (unpaired) electrons. The van der Waals surface area contributed by atoms with Crippen molar-refractivity contribution in [3.63, 3.8) is 0 Å². The Labute approximate surface area is 176 Å². The van der Waals surface area contributed by atoms with Crippen molar-refractivity contribution in [2.45, 2.75) is 38.8 Å². The SMILES string of the molecule is CN1C(=O)C(C)(C)C(C)(c2cc(NC(c3n[nH]cc3Cl)C(F)F)ccc2F)N=C1N. The summed E-state index contributed by atoms with van der Waals surface area (Å²) in [6.07, 6.45) is -1.56. The summed E-state index contributed by atoms with van der Waals surface area (Å²) < 4.78 is 42.2. The van der Waals surface area contributed by atoms with Gasteiger partial charge < -0.3 is 11.1 Å². The average Bonchev–Trinajstić information content (AvgIpc) is 3.09. The van der Waals surface area contributed by atoms with Crippen LogP contribution in [0.4, 0.5) is 18.9 Å². The van der Waals surface area contributed by atoms with Gasteiger partial charge in [0.1, 0.15) is 23.1 Å². The quantitative estimate of drug-likeness (QED) is 0.658. The molecule has 0 bridgehead atoms. The second kappa shape index (κ2) is 7.50. The van der Waals surface area contributed by atoms with E-state index in [4.69, 9.17) is 17.3 Å². The molecule has 1 aliphatic rings. The molecule has 2 aromatic rings. The van der Waals surface area contributed by atoms with Gasteiger partial charge in [0.15, 0.2) is 5.96 Å². The van der Waals surface area contributed by atoms with E-state index in [1.807, 2.05) is 0 Å². The third kappa shape index (κ3) is 3.38. The monoisotopic (exact) mass is 442 g/mol. The number of carbonyl (C=O) groups excluding carboxylic acids is 1. The number of nitrogens with one attached hydrogen (secondary N) is 2. The van der Waals surface area contributed by atoms with Gasteiger partial charge in [0, 0.05) is 24.5 Å². The number of guanidine groups is 1. The fourth-order valence-electron chi connectivity index (χ4n) is 3.49. The molecule has 3 rings (SSSR count). The molecule has 1 aliphatic heterocycles. The summed E-state index contributed by atoms with van der Waals surface area (Å²) in [4.78, 5) is 18.4. The molecule has 1 aromatic carbocycles. The number of H-pyrrole nitrogens is 1. The van der Waals surface area contributed by atoms with Crippen LogP contribution in [-0.2, 0) is 10.3 Å². The maximum absolute atomic E-state index is 14.9. The molecule has 1 amide bonds. The average molecular weight is 443 g/mol. The van der Waals surface area contributed by atoms with Crippen molar-refractivity contribution in [1.82, 2.24) is 15.1 Å². The number of halogens is 4. The smallest absolute Gasteiger partial charge is 0.264 e. The maximum atomic E-state index is 14.9. The number of rotatable bonds is 5. The van der Waals surface area contributed by atoms with E-state index in [9.17, 15) is 18.0 Å². The first kappa shape index (κ1) is 21.9. The van der Waals surface area contributed by atoms with E-state index in [1.54, 1.807) is 20.8 Å². The minimum atomic E-state index is -2.84. The van der Waals surface area contributed by atoms with E-state index in [1.165, 1.54) is 30.3 Å². The van der Waals surface area contributed by atoms with Gasteiger partial charge in [-0.2, -0.15) is 5.10 Å². The Bertz CT molecular complexity index is 1010. The predicted octanol–water partition coefficient (Wildman–Crippen LogP) is 3.65. The van der Waals surface area contributed by atoms with Gasteiger partial charge in [0.2, 0.25) is 5.91 Å². The Morgan fingerprint density at radius 3 is 2.53 bits per heavy atom. The molecule has 0 saturated carbocycles. The highest BCUT2D eigenvalue weighted by Gasteiger charge is 2.53. The van der Waals surface area contributed by atoms with Gasteiger partial charge in [-0.15, -0.1) is 0 Å². The Morgan fingerprint density at radius 1 is 1.30 bits per heavy atom. The lowest BCUT2D eigenvalue weighted by molar-refractivity contribution is -0.140. The number of aliphatic imine (C=N–C) groups is 1. The van der Waals surface area contributed by atoms with Crippen LogP contribution < -0.4 is 11.1 Å². The standard InChI is InChI=1S/C19H22ClF3N6O/c1-18(2)16(30)29(4)17(24)27-19(18,3)10-7-9(5-6-12(10)21)26-14(15(22)23)13-11(20)8-25-28-13/h5-8,14-15,26H,1-4H3,(H2,24,27)(H,25,28). The number of nitrogens with two attached hydrogens (primary N) is 1. The molecule has 1 aromatic heterocycles. The highest BCUT2D eigenvalue weighted by Crippen LogP contribution is 2.48. The number of aromatic amines is 1. The van der Waals surface area contributed by atoms with E-state index >= 15 is 0 Å². The molecule has 7 nitrogen and oxygen atoms in total. The van der Waals surface area contributed by atoms with Gasteiger partial charge in [-0.3, -0.25) is 14.8 Å². The highest BCUT2D eigenvalue weighted by molar-refractivity contribution is 6.31. The second-order valence-corrected chi connectivity index (χ2v) is 8.21. The van der Waals surface area contributed by atoms with Crippen molar-refractivity contribution < 1.29 is 18.0 Å². The number of anilines is 1. The van der Waals surface area contributed by atoms with Crippen LogP contribution in [0, 0.1) is 11.2 Å². The summed E-state index contributed by atoms with van der Waals surface area (Å²) in [5.74, 6) is -1.05. The molecular weight excluding hydrogens is 421 g/mol. The fourth-order valence-corrected chi connectivity index (χ4v) is 3.70. The summed E-state index contributed by atoms with van der Waals surface area (Å²) >= 11 is 5.93. The van der Waals surface area contributed by atoms with Crippen molar-refractivity contribution in [3.8, 4) is 0 Å². The summed E-state index contributed by atoms with van der Waals surface area (Å²) in [7, 11) is 1.48. The molecule has 4 N–H and O–H groups in total. The van der Waals surface area contributed by atoms with Gasteiger partial charge in [0.25, 0.3) is 6.43 Å². The van der Waals surface area contributed by atoms with Crippen LogP contribution in [0.1, 0.15) is 38.1 Å². The summed E-state index contributed by atoms with van der Waals surface area (Å²) in [6, 6.07) is 2.26. The molecule has 30 heavy (non-hydrogen) atoms. The number of aromatic nitrogens is 2. The first-order valence-electron chi connectivity index (χ1n) is 9.07. The highest BCUT2D eigenvalue weighted by atomic mass is 35.5.